The van der Waals surface area contributed by atoms with Crippen molar-refractivity contribution in [2.45, 2.75) is 32.2 Å². The van der Waals surface area contributed by atoms with Crippen LogP contribution in [0.5, 0.6) is 0 Å². The molecule has 1 N–H and O–H groups in total. The Kier molecular flexibility index (Phi) is 4.66. The van der Waals surface area contributed by atoms with Crippen molar-refractivity contribution in [3.8, 4) is 0 Å². The Morgan fingerprint density at radius 2 is 2.21 bits per heavy atom. The van der Waals surface area contributed by atoms with E-state index in [2.05, 4.69) is 34.2 Å². The van der Waals surface area contributed by atoms with Crippen molar-refractivity contribution in [1.29, 1.82) is 0 Å². The minimum atomic E-state index is 0.0349. The molecule has 1 atom stereocenters. The van der Waals surface area contributed by atoms with Gasteiger partial charge in [-0.25, -0.2) is 9.97 Å². The second-order valence-corrected chi connectivity index (χ2v) is 6.47. The molecule has 8 nitrogen and oxygen atoms in total. The molecule has 0 radical (unpaired) electrons. The normalized spacial score (nSPS) is 18.1. The number of carbonyl (C=O) groups excluding carboxylic acids is 1. The lowest BCUT2D eigenvalue weighted by molar-refractivity contribution is -0.128. The van der Waals surface area contributed by atoms with Crippen molar-refractivity contribution in [3.05, 3.63) is 12.0 Å². The van der Waals surface area contributed by atoms with Crippen LogP contribution in [0.4, 0.5) is 5.82 Å². The Morgan fingerprint density at radius 1 is 1.42 bits per heavy atom. The van der Waals surface area contributed by atoms with Crippen molar-refractivity contribution in [2.75, 3.05) is 32.1 Å². The number of aryl methyl sites for hydroxylation is 1. The van der Waals surface area contributed by atoms with E-state index in [1.807, 2.05) is 11.9 Å². The molecule has 24 heavy (non-hydrogen) atoms. The Hall–Kier alpha value is -2.22. The van der Waals surface area contributed by atoms with E-state index < -0.39 is 0 Å². The highest BCUT2D eigenvalue weighted by molar-refractivity contribution is 5.87. The SMILES string of the molecule is COCCN1CC(Nc2nc(C(C)C)nc3c2cnn3C)CC1=O. The fourth-order valence-electron chi connectivity index (χ4n) is 2.89. The van der Waals surface area contributed by atoms with E-state index in [4.69, 9.17) is 4.74 Å². The molecule has 0 saturated carbocycles. The molecule has 0 aromatic carbocycles. The third-order valence-electron chi connectivity index (χ3n) is 4.25. The smallest absolute Gasteiger partial charge is 0.224 e. The zero-order valence-electron chi connectivity index (χ0n) is 14.6. The molecule has 1 saturated heterocycles. The molecule has 1 aliphatic rings. The van der Waals surface area contributed by atoms with Crippen LogP contribution in [-0.4, -0.2) is 63.4 Å². The van der Waals surface area contributed by atoms with Gasteiger partial charge in [0.25, 0.3) is 0 Å². The Morgan fingerprint density at radius 3 is 2.92 bits per heavy atom. The maximum atomic E-state index is 12.1. The molecule has 2 aromatic heterocycles. The van der Waals surface area contributed by atoms with Gasteiger partial charge in [-0.15, -0.1) is 0 Å². The van der Waals surface area contributed by atoms with Crippen LogP contribution in [0.2, 0.25) is 0 Å². The summed E-state index contributed by atoms with van der Waals surface area (Å²) < 4.78 is 6.81. The van der Waals surface area contributed by atoms with Gasteiger partial charge in [-0.3, -0.25) is 9.48 Å². The van der Waals surface area contributed by atoms with Crippen LogP contribution in [0.3, 0.4) is 0 Å². The number of methoxy groups -OCH3 is 1. The maximum absolute atomic E-state index is 12.1. The molecule has 0 bridgehead atoms. The first-order valence-electron chi connectivity index (χ1n) is 8.22. The predicted octanol–water partition coefficient (Wildman–Crippen LogP) is 1.15. The average Bonchev–Trinajstić information content (AvgIpc) is 3.08. The van der Waals surface area contributed by atoms with E-state index in [0.29, 0.717) is 26.1 Å². The summed E-state index contributed by atoms with van der Waals surface area (Å²) in [6.07, 6.45) is 2.23. The van der Waals surface area contributed by atoms with Gasteiger partial charge < -0.3 is 15.0 Å². The molecule has 8 heteroatoms. The number of nitrogens with one attached hydrogen (secondary N) is 1. The summed E-state index contributed by atoms with van der Waals surface area (Å²) in [6, 6.07) is 0.0349. The monoisotopic (exact) mass is 332 g/mol. The molecule has 1 fully saturated rings. The van der Waals surface area contributed by atoms with Gasteiger partial charge in [-0.2, -0.15) is 5.10 Å². The number of amides is 1. The van der Waals surface area contributed by atoms with Crippen LogP contribution < -0.4 is 5.32 Å². The van der Waals surface area contributed by atoms with Gasteiger partial charge in [-0.1, -0.05) is 13.8 Å². The number of rotatable bonds is 6. The van der Waals surface area contributed by atoms with Crippen molar-refractivity contribution in [2.24, 2.45) is 7.05 Å². The highest BCUT2D eigenvalue weighted by Gasteiger charge is 2.30. The molecule has 1 aliphatic heterocycles. The van der Waals surface area contributed by atoms with Gasteiger partial charge in [0, 0.05) is 39.6 Å². The van der Waals surface area contributed by atoms with E-state index in [9.17, 15) is 4.79 Å². The van der Waals surface area contributed by atoms with Crippen LogP contribution in [-0.2, 0) is 16.6 Å². The summed E-state index contributed by atoms with van der Waals surface area (Å²) in [5.41, 5.74) is 0.803. The van der Waals surface area contributed by atoms with Crippen molar-refractivity contribution < 1.29 is 9.53 Å². The first kappa shape index (κ1) is 16.6. The standard InChI is InChI=1S/C16H24N6O2/c1-10(2)14-19-15(12-8-17-21(3)16(12)20-14)18-11-7-13(23)22(9-11)5-6-24-4/h8,10-11H,5-7,9H2,1-4H3,(H,18,19,20). The fourth-order valence-corrected chi connectivity index (χ4v) is 2.89. The minimum Gasteiger partial charge on any atom is -0.383 e. The van der Waals surface area contributed by atoms with E-state index in [1.165, 1.54) is 0 Å². The molecular weight excluding hydrogens is 308 g/mol. The van der Waals surface area contributed by atoms with E-state index in [0.717, 1.165) is 22.7 Å². The van der Waals surface area contributed by atoms with Crippen LogP contribution in [0.1, 0.15) is 32.0 Å². The molecule has 2 aromatic rings. The molecule has 0 aliphatic carbocycles. The number of carbonyl (C=O) groups is 1. The number of hydrogen-bond donors (Lipinski definition) is 1. The van der Waals surface area contributed by atoms with Gasteiger partial charge in [0.1, 0.15) is 11.6 Å². The van der Waals surface area contributed by atoms with Crippen LogP contribution >= 0.6 is 0 Å². The third kappa shape index (κ3) is 3.19. The number of nitrogens with zero attached hydrogens (tertiary/aromatic N) is 5. The highest BCUT2D eigenvalue weighted by atomic mass is 16.5. The quantitative estimate of drug-likeness (QED) is 0.854. The van der Waals surface area contributed by atoms with Crippen LogP contribution in [0.25, 0.3) is 11.0 Å². The maximum Gasteiger partial charge on any atom is 0.224 e. The predicted molar refractivity (Wildman–Crippen MR) is 90.9 cm³/mol. The van der Waals surface area contributed by atoms with Crippen LogP contribution in [0.15, 0.2) is 6.20 Å². The van der Waals surface area contributed by atoms with Crippen molar-refractivity contribution in [1.82, 2.24) is 24.6 Å². The van der Waals surface area contributed by atoms with Crippen molar-refractivity contribution >= 4 is 22.8 Å². The largest absolute Gasteiger partial charge is 0.383 e. The minimum absolute atomic E-state index is 0.0349. The van der Waals surface area contributed by atoms with E-state index in [-0.39, 0.29) is 17.9 Å². The number of fused-ring (bicyclic) bond motifs is 1. The van der Waals surface area contributed by atoms with Gasteiger partial charge in [0.05, 0.1) is 24.2 Å². The summed E-state index contributed by atoms with van der Waals surface area (Å²) in [4.78, 5) is 23.2. The number of ether oxygens (including phenoxy) is 1. The summed E-state index contributed by atoms with van der Waals surface area (Å²) in [6.45, 7) is 5.96. The first-order chi connectivity index (χ1) is 11.5. The fraction of sp³-hybridized carbons (Fsp3) is 0.625. The summed E-state index contributed by atoms with van der Waals surface area (Å²) >= 11 is 0. The number of anilines is 1. The summed E-state index contributed by atoms with van der Waals surface area (Å²) in [7, 11) is 3.51. The van der Waals surface area contributed by atoms with E-state index in [1.54, 1.807) is 18.0 Å². The van der Waals surface area contributed by atoms with Crippen molar-refractivity contribution in [3.63, 3.8) is 0 Å². The Balaban J connectivity index is 1.83. The average molecular weight is 332 g/mol. The van der Waals surface area contributed by atoms with Gasteiger partial charge in [0.2, 0.25) is 5.91 Å². The summed E-state index contributed by atoms with van der Waals surface area (Å²) in [5, 5.41) is 8.58. The highest BCUT2D eigenvalue weighted by Crippen LogP contribution is 2.25. The van der Waals surface area contributed by atoms with Gasteiger partial charge >= 0.3 is 0 Å². The number of hydrogen-bond acceptors (Lipinski definition) is 6. The lowest BCUT2D eigenvalue weighted by atomic mass is 10.2. The molecule has 130 valence electrons. The zero-order valence-corrected chi connectivity index (χ0v) is 14.6. The second kappa shape index (κ2) is 6.72. The molecule has 0 spiro atoms. The van der Waals surface area contributed by atoms with Gasteiger partial charge in [0.15, 0.2) is 5.65 Å². The Bertz CT molecular complexity index is 741. The zero-order chi connectivity index (χ0) is 17.3. The lowest BCUT2D eigenvalue weighted by Gasteiger charge is -2.17. The lowest BCUT2D eigenvalue weighted by Crippen LogP contribution is -2.31. The molecule has 3 heterocycles. The second-order valence-electron chi connectivity index (χ2n) is 6.47. The van der Waals surface area contributed by atoms with E-state index >= 15 is 0 Å². The summed E-state index contributed by atoms with van der Waals surface area (Å²) in [5.74, 6) is 1.88. The molecule has 1 amide bonds. The number of aromatic nitrogens is 4. The number of likely N-dealkylation sites (tertiary alicyclic amines) is 1. The van der Waals surface area contributed by atoms with Crippen LogP contribution in [0, 0.1) is 0 Å². The molecule has 3 rings (SSSR count). The van der Waals surface area contributed by atoms with Gasteiger partial charge in [-0.05, 0) is 0 Å². The molecule has 1 unspecified atom stereocenters. The third-order valence-corrected chi connectivity index (χ3v) is 4.25. The first-order valence-corrected chi connectivity index (χ1v) is 8.22. The topological polar surface area (TPSA) is 85.2 Å². The Labute approximate surface area is 141 Å². The molecular formula is C16H24N6O2.